The van der Waals surface area contributed by atoms with Crippen molar-refractivity contribution in [3.8, 4) is 0 Å². The molecule has 2 atom stereocenters. The molecule has 0 spiro atoms. The Morgan fingerprint density at radius 2 is 1.62 bits per heavy atom. The van der Waals surface area contributed by atoms with Gasteiger partial charge in [0.25, 0.3) is 0 Å². The number of ether oxygens (including phenoxy) is 1. The van der Waals surface area contributed by atoms with Gasteiger partial charge in [0.15, 0.2) is 5.78 Å². The lowest BCUT2D eigenvalue weighted by molar-refractivity contribution is -0.156. The van der Waals surface area contributed by atoms with Crippen molar-refractivity contribution in [2.24, 2.45) is 5.92 Å². The van der Waals surface area contributed by atoms with Gasteiger partial charge in [0.1, 0.15) is 11.6 Å². The number of esters is 1. The van der Waals surface area contributed by atoms with E-state index in [0.29, 0.717) is 0 Å². The van der Waals surface area contributed by atoms with E-state index in [9.17, 15) is 19.2 Å². The Hall–Kier alpha value is -2.74. The summed E-state index contributed by atoms with van der Waals surface area (Å²) in [5, 5.41) is 7.41. The SMILES string of the molecule is CC(C)[C@H](NC(=O)Cc1cccc2ccccc12)C(=O)N[C@@H](CC(=O)OC(C)(C)C)C(=O)CBr. The number of Topliss-reactive ketones (excluding diaryl/α,β-unsaturated/α-hetero) is 1. The lowest BCUT2D eigenvalue weighted by atomic mass is 9.99. The van der Waals surface area contributed by atoms with Crippen LogP contribution in [0.5, 0.6) is 0 Å². The van der Waals surface area contributed by atoms with Gasteiger partial charge >= 0.3 is 5.97 Å². The highest BCUT2D eigenvalue weighted by Gasteiger charge is 2.31. The molecule has 184 valence electrons. The minimum atomic E-state index is -1.06. The lowest BCUT2D eigenvalue weighted by Gasteiger charge is -2.26. The molecule has 0 saturated carbocycles. The fourth-order valence-corrected chi connectivity index (χ4v) is 3.92. The van der Waals surface area contributed by atoms with Crippen molar-refractivity contribution in [3.63, 3.8) is 0 Å². The Morgan fingerprint density at radius 3 is 2.24 bits per heavy atom. The molecule has 2 N–H and O–H groups in total. The summed E-state index contributed by atoms with van der Waals surface area (Å²) in [7, 11) is 0. The molecule has 0 unspecified atom stereocenters. The first-order chi connectivity index (χ1) is 15.9. The molecule has 0 fully saturated rings. The smallest absolute Gasteiger partial charge is 0.308 e. The summed E-state index contributed by atoms with van der Waals surface area (Å²) in [6.07, 6.45) is -0.179. The van der Waals surface area contributed by atoms with Crippen LogP contribution in [0.3, 0.4) is 0 Å². The van der Waals surface area contributed by atoms with Gasteiger partial charge in [-0.05, 0) is 43.0 Å². The highest BCUT2D eigenvalue weighted by Crippen LogP contribution is 2.19. The summed E-state index contributed by atoms with van der Waals surface area (Å²) in [6, 6.07) is 11.6. The van der Waals surface area contributed by atoms with Crippen molar-refractivity contribution in [2.75, 3.05) is 5.33 Å². The van der Waals surface area contributed by atoms with Crippen LogP contribution in [0.2, 0.25) is 0 Å². The monoisotopic (exact) mass is 532 g/mol. The Kier molecular flexibility index (Phi) is 9.79. The zero-order valence-electron chi connectivity index (χ0n) is 20.3. The maximum atomic E-state index is 13.0. The zero-order chi connectivity index (χ0) is 25.5. The van der Waals surface area contributed by atoms with Gasteiger partial charge in [-0.3, -0.25) is 19.2 Å². The van der Waals surface area contributed by atoms with Crippen LogP contribution < -0.4 is 10.6 Å². The van der Waals surface area contributed by atoms with E-state index in [4.69, 9.17) is 4.74 Å². The minimum Gasteiger partial charge on any atom is -0.460 e. The topological polar surface area (TPSA) is 102 Å². The second-order valence-corrected chi connectivity index (χ2v) is 10.1. The number of ketones is 1. The van der Waals surface area contributed by atoms with E-state index in [0.717, 1.165) is 16.3 Å². The average molecular weight is 533 g/mol. The molecule has 2 aromatic carbocycles. The predicted octanol–water partition coefficient (Wildman–Crippen LogP) is 3.70. The highest BCUT2D eigenvalue weighted by atomic mass is 79.9. The summed E-state index contributed by atoms with van der Waals surface area (Å²) >= 11 is 3.10. The summed E-state index contributed by atoms with van der Waals surface area (Å²) in [5.41, 5.74) is 0.148. The maximum Gasteiger partial charge on any atom is 0.308 e. The van der Waals surface area contributed by atoms with E-state index in [-0.39, 0.29) is 35.8 Å². The molecule has 34 heavy (non-hydrogen) atoms. The van der Waals surface area contributed by atoms with Crippen LogP contribution in [0.1, 0.15) is 46.6 Å². The van der Waals surface area contributed by atoms with Gasteiger partial charge in [-0.2, -0.15) is 0 Å². The normalized spacial score (nSPS) is 13.3. The van der Waals surface area contributed by atoms with Crippen molar-refractivity contribution in [1.29, 1.82) is 0 Å². The zero-order valence-corrected chi connectivity index (χ0v) is 21.9. The number of rotatable bonds is 10. The lowest BCUT2D eigenvalue weighted by Crippen LogP contribution is -2.54. The number of hydrogen-bond donors (Lipinski definition) is 2. The van der Waals surface area contributed by atoms with Crippen molar-refractivity contribution in [3.05, 3.63) is 48.0 Å². The molecule has 2 rings (SSSR count). The molecule has 2 aromatic rings. The Labute approximate surface area is 209 Å². The van der Waals surface area contributed by atoms with Crippen LogP contribution in [-0.4, -0.2) is 46.6 Å². The maximum absolute atomic E-state index is 13.0. The van der Waals surface area contributed by atoms with E-state index < -0.39 is 29.6 Å². The molecular formula is C26H33BrN2O5. The van der Waals surface area contributed by atoms with Crippen molar-refractivity contribution in [1.82, 2.24) is 10.6 Å². The number of halogens is 1. The second-order valence-electron chi connectivity index (χ2n) is 9.56. The van der Waals surface area contributed by atoms with Crippen LogP contribution in [0.25, 0.3) is 10.8 Å². The minimum absolute atomic E-state index is 0.0273. The number of hydrogen-bond acceptors (Lipinski definition) is 5. The molecule has 2 amide bonds. The summed E-state index contributed by atoms with van der Waals surface area (Å²) in [6.45, 7) is 8.79. The largest absolute Gasteiger partial charge is 0.460 e. The quantitative estimate of drug-likeness (QED) is 0.358. The second kappa shape index (κ2) is 12.1. The summed E-state index contributed by atoms with van der Waals surface area (Å²) in [4.78, 5) is 50.5. The van der Waals surface area contributed by atoms with Gasteiger partial charge in [0, 0.05) is 0 Å². The molecule has 0 aliphatic carbocycles. The van der Waals surface area contributed by atoms with E-state index >= 15 is 0 Å². The van der Waals surface area contributed by atoms with Gasteiger partial charge in [0.05, 0.1) is 24.2 Å². The first-order valence-electron chi connectivity index (χ1n) is 11.3. The number of amides is 2. The van der Waals surface area contributed by atoms with Crippen molar-refractivity contribution in [2.45, 2.75) is 65.1 Å². The van der Waals surface area contributed by atoms with Gasteiger partial charge in [-0.25, -0.2) is 0 Å². The van der Waals surface area contributed by atoms with Gasteiger partial charge < -0.3 is 15.4 Å². The summed E-state index contributed by atoms with van der Waals surface area (Å²) in [5.74, 6) is -2.01. The Balaban J connectivity index is 2.11. The number of carbonyl (C=O) groups is 4. The van der Waals surface area contributed by atoms with Crippen molar-refractivity contribution < 1.29 is 23.9 Å². The molecule has 7 nitrogen and oxygen atoms in total. The van der Waals surface area contributed by atoms with Gasteiger partial charge in [-0.15, -0.1) is 0 Å². The van der Waals surface area contributed by atoms with E-state index in [1.165, 1.54) is 0 Å². The molecule has 0 radical (unpaired) electrons. The molecule has 8 heteroatoms. The molecule has 0 saturated heterocycles. The van der Waals surface area contributed by atoms with Crippen LogP contribution >= 0.6 is 15.9 Å². The van der Waals surface area contributed by atoms with Crippen LogP contribution in [0, 0.1) is 5.92 Å². The average Bonchev–Trinajstić information content (AvgIpc) is 2.75. The van der Waals surface area contributed by atoms with E-state index in [2.05, 4.69) is 26.6 Å². The first kappa shape index (κ1) is 27.5. The van der Waals surface area contributed by atoms with Crippen LogP contribution in [0.4, 0.5) is 0 Å². The Morgan fingerprint density at radius 1 is 0.971 bits per heavy atom. The number of benzene rings is 2. The van der Waals surface area contributed by atoms with E-state index in [1.807, 2.05) is 42.5 Å². The Bertz CT molecular complexity index is 1040. The fourth-order valence-electron chi connectivity index (χ4n) is 3.53. The van der Waals surface area contributed by atoms with E-state index in [1.54, 1.807) is 34.6 Å². The van der Waals surface area contributed by atoms with Gasteiger partial charge in [-0.1, -0.05) is 72.2 Å². The predicted molar refractivity (Wildman–Crippen MR) is 136 cm³/mol. The third-order valence-corrected chi connectivity index (χ3v) is 5.68. The summed E-state index contributed by atoms with van der Waals surface area (Å²) < 4.78 is 5.29. The number of alkyl halides is 1. The van der Waals surface area contributed by atoms with Crippen LogP contribution in [0.15, 0.2) is 42.5 Å². The number of nitrogens with one attached hydrogen (secondary N) is 2. The standard InChI is InChI=1S/C26H33BrN2O5/c1-16(2)24(25(33)28-20(21(30)15-27)14-23(32)34-26(3,4)5)29-22(31)13-18-11-8-10-17-9-6-7-12-19(17)18/h6-12,16,20,24H,13-15H2,1-5H3,(H,28,33)(H,29,31)/t20-,24-/m0/s1. The molecule has 0 aliphatic rings. The van der Waals surface area contributed by atoms with Crippen LogP contribution in [-0.2, 0) is 30.3 Å². The molecule has 0 bridgehead atoms. The van der Waals surface area contributed by atoms with Crippen molar-refractivity contribution >= 4 is 50.3 Å². The molecule has 0 aliphatic heterocycles. The highest BCUT2D eigenvalue weighted by molar-refractivity contribution is 9.09. The molecule has 0 heterocycles. The first-order valence-corrected chi connectivity index (χ1v) is 12.4. The third-order valence-electron chi connectivity index (χ3n) is 5.12. The number of fused-ring (bicyclic) bond motifs is 1. The molecular weight excluding hydrogens is 500 g/mol. The number of carbonyl (C=O) groups excluding carboxylic acids is 4. The van der Waals surface area contributed by atoms with Gasteiger partial charge in [0.2, 0.25) is 11.8 Å². The molecule has 0 aromatic heterocycles. The third kappa shape index (κ3) is 8.24. The fraction of sp³-hybridized carbons (Fsp3) is 0.462.